The number of likely N-dealkylation sites (tertiary alicyclic amines) is 1. The highest BCUT2D eigenvalue weighted by Crippen LogP contribution is 2.36. The Balaban J connectivity index is 0.000000383. The summed E-state index contributed by atoms with van der Waals surface area (Å²) in [5.74, 6) is -2.15. The Morgan fingerprint density at radius 1 is 1.33 bits per heavy atom. The number of carbonyl (C=O) groups is 2. The molecule has 4 heterocycles. The lowest BCUT2D eigenvalue weighted by molar-refractivity contribution is -0.192. The number of halogens is 3. The third-order valence-electron chi connectivity index (χ3n) is 5.34. The zero-order valence-corrected chi connectivity index (χ0v) is 17.9. The van der Waals surface area contributed by atoms with Gasteiger partial charge in [0.25, 0.3) is 5.91 Å². The second-order valence-corrected chi connectivity index (χ2v) is 7.80. The smallest absolute Gasteiger partial charge is 0.475 e. The topological polar surface area (TPSA) is 115 Å². The van der Waals surface area contributed by atoms with Crippen LogP contribution in [0.3, 0.4) is 0 Å². The summed E-state index contributed by atoms with van der Waals surface area (Å²) in [5.41, 5.74) is 1.34. The molecule has 9 nitrogen and oxygen atoms in total. The largest absolute Gasteiger partial charge is 0.490 e. The first-order valence-electron chi connectivity index (χ1n) is 10.3. The van der Waals surface area contributed by atoms with E-state index in [9.17, 15) is 18.0 Å². The Morgan fingerprint density at radius 2 is 2.06 bits per heavy atom. The summed E-state index contributed by atoms with van der Waals surface area (Å²) in [5, 5.41) is 10.9. The van der Waals surface area contributed by atoms with E-state index in [4.69, 9.17) is 23.9 Å². The first-order valence-corrected chi connectivity index (χ1v) is 10.3. The molecule has 33 heavy (non-hydrogen) atoms. The summed E-state index contributed by atoms with van der Waals surface area (Å²) in [6, 6.07) is 3.92. The van der Waals surface area contributed by atoms with E-state index in [0.717, 1.165) is 18.4 Å². The van der Waals surface area contributed by atoms with Crippen LogP contribution in [0.1, 0.15) is 41.4 Å². The highest BCUT2D eigenvalue weighted by molar-refractivity contribution is 5.95. The van der Waals surface area contributed by atoms with Crippen LogP contribution >= 0.6 is 0 Å². The number of carbonyl (C=O) groups excluding carboxylic acids is 1. The molecule has 0 bridgehead atoms. The molecule has 0 aliphatic carbocycles. The van der Waals surface area contributed by atoms with Gasteiger partial charge < -0.3 is 24.0 Å². The Labute approximate surface area is 187 Å². The normalized spacial score (nSPS) is 19.4. The number of carboxylic acid groups (broad SMARTS) is 1. The lowest BCUT2D eigenvalue weighted by Crippen LogP contribution is -2.67. The minimum absolute atomic E-state index is 0.0317. The minimum Gasteiger partial charge on any atom is -0.475 e. The molecule has 180 valence electrons. The van der Waals surface area contributed by atoms with E-state index in [1.54, 1.807) is 11.1 Å². The summed E-state index contributed by atoms with van der Waals surface area (Å²) >= 11 is 0. The van der Waals surface area contributed by atoms with E-state index in [-0.39, 0.29) is 17.6 Å². The molecule has 2 aromatic heterocycles. The highest BCUT2D eigenvalue weighted by Gasteiger charge is 2.50. The SMILES string of the molecule is CCc1oncc1C(=O)N1CC2(CC(OCc3cccnc3)CCO2)C1.O=C(O)C(F)(F)F. The molecule has 2 aliphatic rings. The molecule has 4 rings (SSSR count). The van der Waals surface area contributed by atoms with Gasteiger partial charge in [0.1, 0.15) is 16.9 Å². The average molecular weight is 471 g/mol. The summed E-state index contributed by atoms with van der Waals surface area (Å²) in [6.07, 6.45) is 2.48. The summed E-state index contributed by atoms with van der Waals surface area (Å²) in [4.78, 5) is 27.4. The molecule has 2 fully saturated rings. The molecule has 0 radical (unpaired) electrons. The Bertz CT molecular complexity index is 944. The molecule has 1 N–H and O–H groups in total. The van der Waals surface area contributed by atoms with Gasteiger partial charge in [-0.1, -0.05) is 18.1 Å². The lowest BCUT2D eigenvalue weighted by Gasteiger charge is -2.52. The van der Waals surface area contributed by atoms with Gasteiger partial charge in [-0.3, -0.25) is 9.78 Å². The number of nitrogens with zero attached hydrogens (tertiary/aromatic N) is 3. The Morgan fingerprint density at radius 3 is 2.67 bits per heavy atom. The predicted molar refractivity (Wildman–Crippen MR) is 106 cm³/mol. The second kappa shape index (κ2) is 10.3. The van der Waals surface area contributed by atoms with Crippen LogP contribution in [0.15, 0.2) is 35.2 Å². The maximum atomic E-state index is 12.6. The number of alkyl halides is 3. The van der Waals surface area contributed by atoms with Gasteiger partial charge in [0.15, 0.2) is 0 Å². The van der Waals surface area contributed by atoms with Crippen molar-refractivity contribution in [3.63, 3.8) is 0 Å². The zero-order valence-electron chi connectivity index (χ0n) is 17.9. The van der Waals surface area contributed by atoms with Crippen molar-refractivity contribution in [3.05, 3.63) is 47.6 Å². The number of hydrogen-bond acceptors (Lipinski definition) is 7. The van der Waals surface area contributed by atoms with Gasteiger partial charge in [-0.25, -0.2) is 4.79 Å². The van der Waals surface area contributed by atoms with Crippen molar-refractivity contribution in [2.75, 3.05) is 19.7 Å². The van der Waals surface area contributed by atoms with Crippen molar-refractivity contribution in [3.8, 4) is 0 Å². The monoisotopic (exact) mass is 471 g/mol. The summed E-state index contributed by atoms with van der Waals surface area (Å²) in [6.45, 7) is 4.34. The Hall–Kier alpha value is -2.99. The van der Waals surface area contributed by atoms with Gasteiger partial charge in [0.05, 0.1) is 32.0 Å². The van der Waals surface area contributed by atoms with Gasteiger partial charge in [-0.15, -0.1) is 0 Å². The maximum absolute atomic E-state index is 12.6. The standard InChI is InChI=1S/C19H23N3O4.C2HF3O2/c1-2-17-16(10-21-26-17)18(23)22-12-19(13-22)8-15(5-7-25-19)24-11-14-4-3-6-20-9-14;3-2(4,5)1(6)7/h3-4,6,9-10,15H,2,5,7-8,11-13H2,1H3;(H,6,7). The molecule has 1 unspecified atom stereocenters. The van der Waals surface area contributed by atoms with E-state index < -0.39 is 12.1 Å². The molecule has 2 aliphatic heterocycles. The van der Waals surface area contributed by atoms with Crippen molar-refractivity contribution < 1.29 is 41.9 Å². The molecule has 1 atom stereocenters. The first kappa shape index (κ1) is 24.6. The molecular weight excluding hydrogens is 447 g/mol. The van der Waals surface area contributed by atoms with Crippen LogP contribution in [-0.4, -0.2) is 69.6 Å². The fourth-order valence-electron chi connectivity index (χ4n) is 3.70. The molecular formula is C21H24F3N3O6. The number of hydrogen-bond donors (Lipinski definition) is 1. The van der Waals surface area contributed by atoms with Crippen molar-refractivity contribution in [1.82, 2.24) is 15.0 Å². The molecule has 1 spiro atoms. The van der Waals surface area contributed by atoms with Crippen molar-refractivity contribution >= 4 is 11.9 Å². The summed E-state index contributed by atoms with van der Waals surface area (Å²) < 4.78 is 48.9. The third-order valence-corrected chi connectivity index (χ3v) is 5.34. The highest BCUT2D eigenvalue weighted by atomic mass is 19.4. The number of aryl methyl sites for hydroxylation is 1. The van der Waals surface area contributed by atoms with Crippen LogP contribution in [-0.2, 0) is 27.3 Å². The summed E-state index contributed by atoms with van der Waals surface area (Å²) in [7, 11) is 0. The number of pyridine rings is 1. The van der Waals surface area contributed by atoms with E-state index in [2.05, 4.69) is 10.1 Å². The van der Waals surface area contributed by atoms with Crippen LogP contribution in [0.2, 0.25) is 0 Å². The van der Waals surface area contributed by atoms with Gasteiger partial charge in [-0.05, 0) is 18.1 Å². The minimum atomic E-state index is -5.08. The lowest BCUT2D eigenvalue weighted by atomic mass is 9.84. The van der Waals surface area contributed by atoms with Gasteiger partial charge in [0.2, 0.25) is 0 Å². The molecule has 2 saturated heterocycles. The predicted octanol–water partition coefficient (Wildman–Crippen LogP) is 2.86. The van der Waals surface area contributed by atoms with Gasteiger partial charge in [0, 0.05) is 31.8 Å². The van der Waals surface area contributed by atoms with Crippen molar-refractivity contribution in [1.29, 1.82) is 0 Å². The quantitative estimate of drug-likeness (QED) is 0.708. The second-order valence-electron chi connectivity index (χ2n) is 7.80. The van der Waals surface area contributed by atoms with Crippen LogP contribution in [0, 0.1) is 0 Å². The fraction of sp³-hybridized carbons (Fsp3) is 0.524. The van der Waals surface area contributed by atoms with Crippen LogP contribution < -0.4 is 0 Å². The molecule has 0 aromatic carbocycles. The fourth-order valence-corrected chi connectivity index (χ4v) is 3.70. The molecule has 1 amide bonds. The molecule has 12 heteroatoms. The number of carboxylic acids is 1. The van der Waals surface area contributed by atoms with Crippen molar-refractivity contribution in [2.45, 2.75) is 50.7 Å². The Kier molecular flexibility index (Phi) is 7.69. The zero-order chi connectivity index (χ0) is 24.1. The van der Waals surface area contributed by atoms with Crippen LogP contribution in [0.25, 0.3) is 0 Å². The maximum Gasteiger partial charge on any atom is 0.490 e. The molecule has 0 saturated carbocycles. The number of aromatic nitrogens is 2. The number of aliphatic carboxylic acids is 1. The van der Waals surface area contributed by atoms with Gasteiger partial charge in [-0.2, -0.15) is 13.2 Å². The first-order chi connectivity index (χ1) is 15.6. The average Bonchev–Trinajstić information content (AvgIpc) is 3.25. The number of ether oxygens (including phenoxy) is 2. The van der Waals surface area contributed by atoms with E-state index >= 15 is 0 Å². The number of rotatable bonds is 5. The third kappa shape index (κ3) is 6.29. The van der Waals surface area contributed by atoms with E-state index in [1.165, 1.54) is 6.20 Å². The van der Waals surface area contributed by atoms with Crippen LogP contribution in [0.4, 0.5) is 13.2 Å². The van der Waals surface area contributed by atoms with E-state index in [0.29, 0.717) is 44.0 Å². The molecule has 2 aromatic rings. The van der Waals surface area contributed by atoms with Crippen LogP contribution in [0.5, 0.6) is 0 Å². The van der Waals surface area contributed by atoms with Crippen molar-refractivity contribution in [2.24, 2.45) is 0 Å². The van der Waals surface area contributed by atoms with Gasteiger partial charge >= 0.3 is 12.1 Å². The van der Waals surface area contributed by atoms with E-state index in [1.807, 2.05) is 25.3 Å². The number of amides is 1.